The zero-order valence-electron chi connectivity index (χ0n) is 11.8. The summed E-state index contributed by atoms with van der Waals surface area (Å²) in [6.45, 7) is 8.73. The van der Waals surface area contributed by atoms with E-state index in [1.54, 1.807) is 4.90 Å². The fourth-order valence-electron chi connectivity index (χ4n) is 2.05. The monoisotopic (exact) mass is 261 g/mol. The minimum absolute atomic E-state index is 0.216. The van der Waals surface area contributed by atoms with Crippen molar-refractivity contribution in [3.8, 4) is 0 Å². The Hall–Kier alpha value is -1.71. The first-order valence-electron chi connectivity index (χ1n) is 6.65. The van der Waals surface area contributed by atoms with Crippen molar-refractivity contribution in [1.82, 2.24) is 4.90 Å². The highest BCUT2D eigenvalue weighted by molar-refractivity contribution is 5.68. The maximum atomic E-state index is 11.9. The van der Waals surface area contributed by atoms with Crippen molar-refractivity contribution in [2.45, 2.75) is 26.4 Å². The number of anilines is 1. The highest BCUT2D eigenvalue weighted by atomic mass is 16.6. The zero-order valence-corrected chi connectivity index (χ0v) is 11.8. The molecule has 1 saturated heterocycles. The smallest absolute Gasteiger partial charge is 0.410 e. The number of hydrogen-bond acceptors (Lipinski definition) is 3. The number of nitrogens with zero attached hydrogens (tertiary/aromatic N) is 2. The molecule has 1 aromatic carbocycles. The number of benzene rings is 1. The molecule has 0 atom stereocenters. The van der Waals surface area contributed by atoms with Crippen LogP contribution in [0.5, 0.6) is 0 Å². The van der Waals surface area contributed by atoms with Crippen LogP contribution in [-0.2, 0) is 4.74 Å². The molecule has 4 heteroatoms. The van der Waals surface area contributed by atoms with Crippen LogP contribution in [0.1, 0.15) is 20.8 Å². The SMILES string of the molecule is CC(C)(C)OC(=O)N1CCN(c2c[c]ccc2)CC1. The molecule has 0 bridgehead atoms. The first-order chi connectivity index (χ1) is 8.96. The van der Waals surface area contributed by atoms with Crippen molar-refractivity contribution in [3.05, 3.63) is 30.3 Å². The van der Waals surface area contributed by atoms with E-state index in [0.29, 0.717) is 13.1 Å². The average molecular weight is 261 g/mol. The third-order valence-electron chi connectivity index (χ3n) is 2.99. The quantitative estimate of drug-likeness (QED) is 0.779. The van der Waals surface area contributed by atoms with Crippen LogP contribution < -0.4 is 4.90 Å². The molecule has 0 aliphatic carbocycles. The number of hydrogen-bond donors (Lipinski definition) is 0. The van der Waals surface area contributed by atoms with E-state index in [1.807, 2.05) is 39.0 Å². The fourth-order valence-corrected chi connectivity index (χ4v) is 2.05. The molecule has 0 aromatic heterocycles. The Labute approximate surface area is 115 Å². The van der Waals surface area contributed by atoms with E-state index in [2.05, 4.69) is 17.0 Å². The highest BCUT2D eigenvalue weighted by Gasteiger charge is 2.25. The number of rotatable bonds is 1. The number of amides is 1. The number of ether oxygens (including phenoxy) is 1. The van der Waals surface area contributed by atoms with Gasteiger partial charge in [-0.2, -0.15) is 0 Å². The van der Waals surface area contributed by atoms with Gasteiger partial charge in [0, 0.05) is 31.9 Å². The third kappa shape index (κ3) is 3.88. The molecule has 103 valence electrons. The summed E-state index contributed by atoms with van der Waals surface area (Å²) in [7, 11) is 0. The van der Waals surface area contributed by atoms with E-state index in [-0.39, 0.29) is 6.09 Å². The summed E-state index contributed by atoms with van der Waals surface area (Å²) in [4.78, 5) is 16.0. The van der Waals surface area contributed by atoms with E-state index < -0.39 is 5.60 Å². The molecule has 0 unspecified atom stereocenters. The summed E-state index contributed by atoms with van der Waals surface area (Å²) >= 11 is 0. The van der Waals surface area contributed by atoms with Gasteiger partial charge in [-0.3, -0.25) is 0 Å². The summed E-state index contributed by atoms with van der Waals surface area (Å²) in [5.74, 6) is 0. The molecule has 2 rings (SSSR count). The Morgan fingerprint density at radius 3 is 2.47 bits per heavy atom. The van der Waals surface area contributed by atoms with Gasteiger partial charge >= 0.3 is 6.09 Å². The summed E-state index contributed by atoms with van der Waals surface area (Å²) in [5, 5.41) is 0. The number of carbonyl (C=O) groups excluding carboxylic acids is 1. The van der Waals surface area contributed by atoms with E-state index in [4.69, 9.17) is 4.74 Å². The van der Waals surface area contributed by atoms with Crippen LogP contribution in [0.3, 0.4) is 0 Å². The van der Waals surface area contributed by atoms with E-state index in [9.17, 15) is 4.79 Å². The molecule has 1 aromatic rings. The van der Waals surface area contributed by atoms with Gasteiger partial charge in [0.1, 0.15) is 5.60 Å². The average Bonchev–Trinajstić information content (AvgIpc) is 2.38. The Kier molecular flexibility index (Phi) is 3.98. The lowest BCUT2D eigenvalue weighted by Crippen LogP contribution is -2.50. The lowest BCUT2D eigenvalue weighted by atomic mass is 10.2. The minimum atomic E-state index is -0.428. The molecule has 19 heavy (non-hydrogen) atoms. The molecule has 1 aliphatic rings. The highest BCUT2D eigenvalue weighted by Crippen LogP contribution is 2.17. The summed E-state index contributed by atoms with van der Waals surface area (Å²) < 4.78 is 5.38. The minimum Gasteiger partial charge on any atom is -0.444 e. The van der Waals surface area contributed by atoms with Gasteiger partial charge in [0.15, 0.2) is 0 Å². The van der Waals surface area contributed by atoms with Gasteiger partial charge in [-0.25, -0.2) is 4.79 Å². The van der Waals surface area contributed by atoms with Crippen LogP contribution in [0.15, 0.2) is 24.3 Å². The molecule has 1 aliphatic heterocycles. The second-order valence-corrected chi connectivity index (χ2v) is 5.72. The lowest BCUT2D eigenvalue weighted by Gasteiger charge is -2.36. The van der Waals surface area contributed by atoms with Gasteiger partial charge in [0.05, 0.1) is 0 Å². The van der Waals surface area contributed by atoms with Gasteiger partial charge in [0.2, 0.25) is 0 Å². The summed E-state index contributed by atoms with van der Waals surface area (Å²) in [6.07, 6.45) is -0.216. The van der Waals surface area contributed by atoms with Crippen LogP contribution in [0, 0.1) is 6.07 Å². The lowest BCUT2D eigenvalue weighted by molar-refractivity contribution is 0.0240. The molecule has 1 heterocycles. The molecule has 0 spiro atoms. The molecule has 0 saturated carbocycles. The second-order valence-electron chi connectivity index (χ2n) is 5.72. The summed E-state index contributed by atoms with van der Waals surface area (Å²) in [6, 6.07) is 11.0. The Bertz CT molecular complexity index is 418. The maximum absolute atomic E-state index is 11.9. The second kappa shape index (κ2) is 5.51. The number of carbonyl (C=O) groups is 1. The molecule has 1 amide bonds. The topological polar surface area (TPSA) is 32.8 Å². The Balaban J connectivity index is 1.88. The van der Waals surface area contributed by atoms with Crippen molar-refractivity contribution in [2.24, 2.45) is 0 Å². The molecule has 4 nitrogen and oxygen atoms in total. The van der Waals surface area contributed by atoms with E-state index in [0.717, 1.165) is 18.8 Å². The van der Waals surface area contributed by atoms with Crippen molar-refractivity contribution >= 4 is 11.8 Å². The number of piperazine rings is 1. The van der Waals surface area contributed by atoms with Crippen molar-refractivity contribution < 1.29 is 9.53 Å². The van der Waals surface area contributed by atoms with Crippen molar-refractivity contribution in [2.75, 3.05) is 31.1 Å². The zero-order chi connectivity index (χ0) is 13.9. The standard InChI is InChI=1S/C15H21N2O2/c1-15(2,3)19-14(18)17-11-9-16(10-12-17)13-7-5-4-6-8-13/h4-5,7-8H,9-12H2,1-3H3. The van der Waals surface area contributed by atoms with Gasteiger partial charge in [0.25, 0.3) is 0 Å². The fraction of sp³-hybridized carbons (Fsp3) is 0.533. The first kappa shape index (κ1) is 13.7. The molecule has 1 radical (unpaired) electrons. The van der Waals surface area contributed by atoms with E-state index >= 15 is 0 Å². The molecule has 1 fully saturated rings. The molecular formula is C15H21N2O2. The predicted molar refractivity (Wildman–Crippen MR) is 75.3 cm³/mol. The Morgan fingerprint density at radius 1 is 1.26 bits per heavy atom. The van der Waals surface area contributed by atoms with Crippen LogP contribution >= 0.6 is 0 Å². The maximum Gasteiger partial charge on any atom is 0.410 e. The molecular weight excluding hydrogens is 240 g/mol. The predicted octanol–water partition coefficient (Wildman–Crippen LogP) is 2.54. The van der Waals surface area contributed by atoms with Crippen molar-refractivity contribution in [3.63, 3.8) is 0 Å². The van der Waals surface area contributed by atoms with Crippen molar-refractivity contribution in [1.29, 1.82) is 0 Å². The normalized spacial score (nSPS) is 16.4. The van der Waals surface area contributed by atoms with Gasteiger partial charge in [-0.05, 0) is 39.0 Å². The molecule has 0 N–H and O–H groups in total. The third-order valence-corrected chi connectivity index (χ3v) is 2.99. The van der Waals surface area contributed by atoms with E-state index in [1.165, 1.54) is 0 Å². The van der Waals surface area contributed by atoms with Crippen LogP contribution in [0.4, 0.5) is 10.5 Å². The van der Waals surface area contributed by atoms with Gasteiger partial charge in [-0.1, -0.05) is 12.1 Å². The summed E-state index contributed by atoms with van der Waals surface area (Å²) in [5.41, 5.74) is 0.731. The largest absolute Gasteiger partial charge is 0.444 e. The van der Waals surface area contributed by atoms with Crippen LogP contribution in [0.25, 0.3) is 0 Å². The van der Waals surface area contributed by atoms with Crippen LogP contribution in [-0.4, -0.2) is 42.8 Å². The van der Waals surface area contributed by atoms with Crippen LogP contribution in [0.2, 0.25) is 0 Å². The van der Waals surface area contributed by atoms with Gasteiger partial charge in [-0.15, -0.1) is 0 Å². The Morgan fingerprint density at radius 2 is 1.95 bits per heavy atom. The van der Waals surface area contributed by atoms with Gasteiger partial charge < -0.3 is 14.5 Å². The first-order valence-corrected chi connectivity index (χ1v) is 6.65.